The predicted octanol–water partition coefficient (Wildman–Crippen LogP) is 2.20. The molecule has 1 saturated heterocycles. The fourth-order valence-corrected chi connectivity index (χ4v) is 2.66. The van der Waals surface area contributed by atoms with Crippen LogP contribution >= 0.6 is 11.3 Å². The molecule has 0 saturated carbocycles. The van der Waals surface area contributed by atoms with E-state index in [1.165, 1.54) is 0 Å². The molecule has 1 aliphatic rings. The largest absolute Gasteiger partial charge is 0.381 e. The van der Waals surface area contributed by atoms with Crippen molar-refractivity contribution in [1.29, 1.82) is 0 Å². The van der Waals surface area contributed by atoms with Gasteiger partial charge < -0.3 is 14.8 Å². The van der Waals surface area contributed by atoms with Crippen LogP contribution in [0.25, 0.3) is 0 Å². The van der Waals surface area contributed by atoms with Gasteiger partial charge in [0.25, 0.3) is 0 Å². The van der Waals surface area contributed by atoms with Gasteiger partial charge in [0, 0.05) is 24.4 Å². The highest BCUT2D eigenvalue weighted by atomic mass is 32.1. The van der Waals surface area contributed by atoms with Crippen LogP contribution in [0.3, 0.4) is 0 Å². The molecule has 1 atom stereocenters. The molecular weight excluding hydrogens is 248 g/mol. The first kappa shape index (κ1) is 13.9. The summed E-state index contributed by atoms with van der Waals surface area (Å²) in [6.07, 6.45) is 2.29. The third-order valence-corrected chi connectivity index (χ3v) is 3.83. The highest BCUT2D eigenvalue weighted by Gasteiger charge is 2.15. The second-order valence-electron chi connectivity index (χ2n) is 4.65. The fraction of sp³-hybridized carbons (Fsp3) is 0.769. The minimum absolute atomic E-state index is 0.578. The van der Waals surface area contributed by atoms with Crippen LogP contribution in [0, 0.1) is 5.92 Å². The molecule has 2 rings (SSSR count). The maximum atomic E-state index is 5.69. The molecule has 0 bridgehead atoms. The van der Waals surface area contributed by atoms with Gasteiger partial charge in [-0.25, -0.2) is 4.98 Å². The molecule has 18 heavy (non-hydrogen) atoms. The van der Waals surface area contributed by atoms with E-state index in [2.05, 4.69) is 22.6 Å². The molecule has 5 heteroatoms. The summed E-state index contributed by atoms with van der Waals surface area (Å²) in [5, 5.41) is 6.59. The summed E-state index contributed by atoms with van der Waals surface area (Å²) in [6, 6.07) is 0. The van der Waals surface area contributed by atoms with E-state index in [1.807, 2.05) is 0 Å². The lowest BCUT2D eigenvalue weighted by atomic mass is 10.1. The van der Waals surface area contributed by atoms with Crippen molar-refractivity contribution in [1.82, 2.24) is 10.3 Å². The molecular formula is C13H22N2O2S. The van der Waals surface area contributed by atoms with Gasteiger partial charge in [0.05, 0.1) is 25.5 Å². The summed E-state index contributed by atoms with van der Waals surface area (Å²) < 4.78 is 11.0. The highest BCUT2D eigenvalue weighted by molar-refractivity contribution is 7.09. The number of rotatable bonds is 8. The van der Waals surface area contributed by atoms with E-state index in [1.54, 1.807) is 11.3 Å². The van der Waals surface area contributed by atoms with Gasteiger partial charge in [-0.2, -0.15) is 0 Å². The van der Waals surface area contributed by atoms with Crippen LogP contribution in [-0.2, 0) is 22.6 Å². The van der Waals surface area contributed by atoms with Crippen molar-refractivity contribution in [2.75, 3.05) is 26.4 Å². The van der Waals surface area contributed by atoms with Crippen molar-refractivity contribution in [2.45, 2.75) is 32.9 Å². The molecule has 1 fully saturated rings. The summed E-state index contributed by atoms with van der Waals surface area (Å²) in [5.74, 6) is 0.578. The minimum atomic E-state index is 0.578. The van der Waals surface area contributed by atoms with Gasteiger partial charge in [-0.15, -0.1) is 11.3 Å². The molecule has 4 nitrogen and oxygen atoms in total. The molecule has 0 aliphatic carbocycles. The minimum Gasteiger partial charge on any atom is -0.381 e. The molecule has 1 aromatic rings. The monoisotopic (exact) mass is 270 g/mol. The van der Waals surface area contributed by atoms with Crippen molar-refractivity contribution in [2.24, 2.45) is 5.92 Å². The maximum absolute atomic E-state index is 5.69. The predicted molar refractivity (Wildman–Crippen MR) is 72.7 cm³/mol. The summed E-state index contributed by atoms with van der Waals surface area (Å²) in [4.78, 5) is 4.55. The molecule has 102 valence electrons. The molecule has 1 N–H and O–H groups in total. The molecule has 0 amide bonds. The maximum Gasteiger partial charge on any atom is 0.107 e. The van der Waals surface area contributed by atoms with Crippen LogP contribution in [0.4, 0.5) is 0 Å². The number of nitrogens with zero attached hydrogens (tertiary/aromatic N) is 1. The van der Waals surface area contributed by atoms with Crippen molar-refractivity contribution in [3.63, 3.8) is 0 Å². The third kappa shape index (κ3) is 4.65. The van der Waals surface area contributed by atoms with Crippen molar-refractivity contribution < 1.29 is 9.47 Å². The summed E-state index contributed by atoms with van der Waals surface area (Å²) in [5.41, 5.74) is 1.05. The van der Waals surface area contributed by atoms with Gasteiger partial charge in [-0.1, -0.05) is 6.92 Å². The Hall–Kier alpha value is -0.490. The lowest BCUT2D eigenvalue weighted by Gasteiger charge is -2.06. The lowest BCUT2D eigenvalue weighted by molar-refractivity contribution is 0.0775. The number of aromatic nitrogens is 1. The average Bonchev–Trinajstić information content (AvgIpc) is 3.01. The first-order valence-electron chi connectivity index (χ1n) is 6.68. The summed E-state index contributed by atoms with van der Waals surface area (Å²) in [6.45, 7) is 7.24. The molecule has 1 aliphatic heterocycles. The van der Waals surface area contributed by atoms with E-state index in [0.29, 0.717) is 12.5 Å². The molecule has 0 radical (unpaired) electrons. The van der Waals surface area contributed by atoms with Gasteiger partial charge in [-0.3, -0.25) is 0 Å². The molecule has 0 spiro atoms. The zero-order valence-electron chi connectivity index (χ0n) is 11.0. The normalized spacial score (nSPS) is 19.5. The molecule has 1 aromatic heterocycles. The fourth-order valence-electron chi connectivity index (χ4n) is 1.91. The highest BCUT2D eigenvalue weighted by Crippen LogP contribution is 2.14. The van der Waals surface area contributed by atoms with Crippen molar-refractivity contribution >= 4 is 11.3 Å². The summed E-state index contributed by atoms with van der Waals surface area (Å²) in [7, 11) is 0. The Morgan fingerprint density at radius 1 is 1.61 bits per heavy atom. The Kier molecular flexibility index (Phi) is 6.07. The average molecular weight is 270 g/mol. The van der Waals surface area contributed by atoms with Crippen LogP contribution in [0.5, 0.6) is 0 Å². The Balaban J connectivity index is 1.63. The van der Waals surface area contributed by atoms with Crippen molar-refractivity contribution in [3.05, 3.63) is 16.1 Å². The van der Waals surface area contributed by atoms with E-state index in [-0.39, 0.29) is 0 Å². The van der Waals surface area contributed by atoms with Crippen LogP contribution in [0.1, 0.15) is 30.5 Å². The Morgan fingerprint density at radius 2 is 2.56 bits per heavy atom. The first-order valence-corrected chi connectivity index (χ1v) is 7.56. The molecule has 0 aromatic carbocycles. The van der Waals surface area contributed by atoms with E-state index in [0.717, 1.165) is 56.5 Å². The number of hydrogen-bond acceptors (Lipinski definition) is 5. The zero-order chi connectivity index (χ0) is 12.6. The Labute approximate surface area is 113 Å². The van der Waals surface area contributed by atoms with Gasteiger partial charge in [0.1, 0.15) is 5.01 Å². The van der Waals surface area contributed by atoms with Crippen LogP contribution in [-0.4, -0.2) is 31.3 Å². The summed E-state index contributed by atoms with van der Waals surface area (Å²) >= 11 is 1.70. The second kappa shape index (κ2) is 7.84. The van der Waals surface area contributed by atoms with Crippen LogP contribution < -0.4 is 5.32 Å². The number of ether oxygens (including phenoxy) is 2. The van der Waals surface area contributed by atoms with Crippen molar-refractivity contribution in [3.8, 4) is 0 Å². The third-order valence-electron chi connectivity index (χ3n) is 2.93. The Morgan fingerprint density at radius 3 is 3.33 bits per heavy atom. The second-order valence-corrected chi connectivity index (χ2v) is 5.60. The lowest BCUT2D eigenvalue weighted by Crippen LogP contribution is -2.13. The van der Waals surface area contributed by atoms with E-state index >= 15 is 0 Å². The number of nitrogens with one attached hydrogen (secondary N) is 1. The Bertz CT molecular complexity index is 337. The smallest absolute Gasteiger partial charge is 0.107 e. The van der Waals surface area contributed by atoms with E-state index in [9.17, 15) is 0 Å². The standard InChI is InChI=1S/C13H22N2O2S/c1-2-4-14-6-13-15-12(10-18-13)9-17-8-11-3-5-16-7-11/h10-11,14H,2-9H2,1H3. The van der Waals surface area contributed by atoms with E-state index in [4.69, 9.17) is 9.47 Å². The SMILES string of the molecule is CCCNCc1nc(COCC2CCOC2)cs1. The van der Waals surface area contributed by atoms with Gasteiger partial charge in [-0.05, 0) is 19.4 Å². The van der Waals surface area contributed by atoms with E-state index < -0.39 is 0 Å². The topological polar surface area (TPSA) is 43.4 Å². The van der Waals surface area contributed by atoms with Crippen LogP contribution in [0.15, 0.2) is 5.38 Å². The molecule has 2 heterocycles. The zero-order valence-corrected chi connectivity index (χ0v) is 11.8. The number of hydrogen-bond donors (Lipinski definition) is 1. The number of thiazole rings is 1. The van der Waals surface area contributed by atoms with Gasteiger partial charge in [0.2, 0.25) is 0 Å². The van der Waals surface area contributed by atoms with Gasteiger partial charge in [0.15, 0.2) is 0 Å². The van der Waals surface area contributed by atoms with Gasteiger partial charge >= 0.3 is 0 Å². The quantitative estimate of drug-likeness (QED) is 0.735. The molecule has 1 unspecified atom stereocenters. The van der Waals surface area contributed by atoms with Crippen LogP contribution in [0.2, 0.25) is 0 Å². The first-order chi connectivity index (χ1) is 8.88.